The van der Waals surface area contributed by atoms with Crippen LogP contribution < -0.4 is 14.5 Å². The molecule has 1 aromatic heterocycles. The number of thiazole rings is 1. The van der Waals surface area contributed by atoms with E-state index in [0.717, 1.165) is 35.6 Å². The van der Waals surface area contributed by atoms with Crippen molar-refractivity contribution in [2.45, 2.75) is 20.8 Å². The summed E-state index contributed by atoms with van der Waals surface area (Å²) < 4.78 is 6.71. The molecule has 0 saturated carbocycles. The maximum absolute atomic E-state index is 13.4. The fourth-order valence-corrected chi connectivity index (χ4v) is 4.31. The van der Waals surface area contributed by atoms with E-state index in [-0.39, 0.29) is 5.91 Å². The van der Waals surface area contributed by atoms with Crippen molar-refractivity contribution >= 4 is 32.6 Å². The van der Waals surface area contributed by atoms with Crippen LogP contribution in [-0.4, -0.2) is 43.7 Å². The summed E-state index contributed by atoms with van der Waals surface area (Å²) in [7, 11) is 0. The Balaban J connectivity index is 1.98. The van der Waals surface area contributed by atoms with E-state index in [1.807, 2.05) is 25.1 Å². The van der Waals surface area contributed by atoms with Crippen LogP contribution in [0.25, 0.3) is 10.2 Å². The van der Waals surface area contributed by atoms with Gasteiger partial charge in [0.25, 0.3) is 5.91 Å². The van der Waals surface area contributed by atoms with Crippen molar-refractivity contribution in [3.05, 3.63) is 53.6 Å². The monoisotopic (exact) mass is 423 g/mol. The van der Waals surface area contributed by atoms with Crippen molar-refractivity contribution in [2.75, 3.05) is 37.7 Å². The number of carbonyl (C=O) groups is 1. The molecule has 1 heterocycles. The van der Waals surface area contributed by atoms with E-state index < -0.39 is 0 Å². The molecule has 30 heavy (non-hydrogen) atoms. The molecular formula is C23H27N4O2S+. The highest BCUT2D eigenvalue weighted by Crippen LogP contribution is 2.34. The topological polar surface area (TPSA) is 70.7 Å². The zero-order valence-electron chi connectivity index (χ0n) is 17.6. The lowest BCUT2D eigenvalue weighted by atomic mass is 10.1. The summed E-state index contributed by atoms with van der Waals surface area (Å²) >= 11 is 1.50. The molecule has 2 aromatic carbocycles. The molecule has 3 aromatic rings. The number of likely N-dealkylation sites (N-methyl/N-ethyl adjacent to an activating group) is 1. The molecule has 1 N–H and O–H groups in total. The zero-order chi connectivity index (χ0) is 21.5. The fourth-order valence-electron chi connectivity index (χ4n) is 3.30. The number of anilines is 1. The largest absolute Gasteiger partial charge is 0.492 e. The number of nitrogens with one attached hydrogen (secondary N) is 1. The SMILES string of the molecule is CCOc1cccc2sc(N(CC[NH+](CC)CC)C(=O)c3ccc(C#N)cc3)nc12. The molecule has 0 bridgehead atoms. The quantitative estimate of drug-likeness (QED) is 0.574. The molecule has 0 radical (unpaired) electrons. The highest BCUT2D eigenvalue weighted by atomic mass is 32.1. The van der Waals surface area contributed by atoms with Gasteiger partial charge in [-0.25, -0.2) is 4.98 Å². The molecule has 7 heteroatoms. The second-order valence-corrected chi connectivity index (χ2v) is 7.89. The molecule has 0 fully saturated rings. The summed E-state index contributed by atoms with van der Waals surface area (Å²) in [5.41, 5.74) is 1.87. The van der Waals surface area contributed by atoms with Crippen molar-refractivity contribution in [1.82, 2.24) is 4.98 Å². The molecule has 0 unspecified atom stereocenters. The van der Waals surface area contributed by atoms with Gasteiger partial charge in [-0.05, 0) is 57.2 Å². The number of nitriles is 1. The van der Waals surface area contributed by atoms with E-state index in [4.69, 9.17) is 15.0 Å². The third kappa shape index (κ3) is 4.78. The number of ether oxygens (including phenoxy) is 1. The Kier molecular flexibility index (Phi) is 7.39. The molecule has 0 spiro atoms. The number of carbonyl (C=O) groups excluding carboxylic acids is 1. The summed E-state index contributed by atoms with van der Waals surface area (Å²) in [6.45, 7) is 10.2. The minimum absolute atomic E-state index is 0.108. The van der Waals surface area contributed by atoms with Gasteiger partial charge in [-0.15, -0.1) is 0 Å². The molecular weight excluding hydrogens is 396 g/mol. The first-order valence-electron chi connectivity index (χ1n) is 10.3. The van der Waals surface area contributed by atoms with E-state index in [1.165, 1.54) is 16.2 Å². The summed E-state index contributed by atoms with van der Waals surface area (Å²) in [5.74, 6) is 0.626. The molecule has 0 aliphatic carbocycles. The van der Waals surface area contributed by atoms with Gasteiger partial charge in [0.2, 0.25) is 0 Å². The smallest absolute Gasteiger partial charge is 0.260 e. The predicted molar refractivity (Wildman–Crippen MR) is 121 cm³/mol. The third-order valence-electron chi connectivity index (χ3n) is 5.10. The number of rotatable bonds is 9. The second-order valence-electron chi connectivity index (χ2n) is 6.89. The van der Waals surface area contributed by atoms with Gasteiger partial charge in [-0.1, -0.05) is 17.4 Å². The van der Waals surface area contributed by atoms with Crippen LogP contribution in [0.5, 0.6) is 5.75 Å². The van der Waals surface area contributed by atoms with Crippen molar-refractivity contribution in [3.8, 4) is 11.8 Å². The van der Waals surface area contributed by atoms with Crippen molar-refractivity contribution in [2.24, 2.45) is 0 Å². The number of nitrogens with zero attached hydrogens (tertiary/aromatic N) is 3. The maximum atomic E-state index is 13.4. The Morgan fingerprint density at radius 3 is 2.53 bits per heavy atom. The van der Waals surface area contributed by atoms with Crippen LogP contribution in [0.15, 0.2) is 42.5 Å². The second kappa shape index (κ2) is 10.2. The van der Waals surface area contributed by atoms with Crippen LogP contribution in [0.3, 0.4) is 0 Å². The summed E-state index contributed by atoms with van der Waals surface area (Å²) in [4.78, 5) is 21.3. The number of hydrogen-bond acceptors (Lipinski definition) is 5. The van der Waals surface area contributed by atoms with Crippen LogP contribution in [0, 0.1) is 11.3 Å². The van der Waals surface area contributed by atoms with Crippen LogP contribution >= 0.6 is 11.3 Å². The Bertz CT molecular complexity index is 1040. The van der Waals surface area contributed by atoms with Crippen LogP contribution in [0.1, 0.15) is 36.7 Å². The molecule has 0 saturated heterocycles. The van der Waals surface area contributed by atoms with Gasteiger partial charge in [0, 0.05) is 5.56 Å². The van der Waals surface area contributed by atoms with E-state index in [0.29, 0.717) is 29.4 Å². The van der Waals surface area contributed by atoms with E-state index in [9.17, 15) is 4.79 Å². The zero-order valence-corrected chi connectivity index (χ0v) is 18.5. The number of quaternary nitrogens is 1. The molecule has 3 rings (SSSR count). The molecule has 6 nitrogen and oxygen atoms in total. The summed E-state index contributed by atoms with van der Waals surface area (Å²) in [6.07, 6.45) is 0. The molecule has 0 aliphatic heterocycles. The molecule has 156 valence electrons. The predicted octanol–water partition coefficient (Wildman–Crippen LogP) is 3.14. The lowest BCUT2D eigenvalue weighted by Crippen LogP contribution is -3.12. The lowest BCUT2D eigenvalue weighted by Gasteiger charge is -2.23. The lowest BCUT2D eigenvalue weighted by molar-refractivity contribution is -0.894. The van der Waals surface area contributed by atoms with Gasteiger partial charge >= 0.3 is 0 Å². The highest BCUT2D eigenvalue weighted by molar-refractivity contribution is 7.22. The van der Waals surface area contributed by atoms with Crippen molar-refractivity contribution < 1.29 is 14.4 Å². The number of aromatic nitrogens is 1. The maximum Gasteiger partial charge on any atom is 0.260 e. The van der Waals surface area contributed by atoms with Gasteiger partial charge in [-0.2, -0.15) is 5.26 Å². The fraction of sp³-hybridized carbons (Fsp3) is 0.348. The first kappa shape index (κ1) is 21.8. The van der Waals surface area contributed by atoms with E-state index in [1.54, 1.807) is 29.2 Å². The van der Waals surface area contributed by atoms with Crippen LogP contribution in [0.4, 0.5) is 5.13 Å². The number of amides is 1. The highest BCUT2D eigenvalue weighted by Gasteiger charge is 2.23. The van der Waals surface area contributed by atoms with E-state index >= 15 is 0 Å². The van der Waals surface area contributed by atoms with Gasteiger partial charge in [0.15, 0.2) is 5.13 Å². The Morgan fingerprint density at radius 1 is 1.17 bits per heavy atom. The first-order valence-corrected chi connectivity index (χ1v) is 11.1. The number of fused-ring (bicyclic) bond motifs is 1. The number of hydrogen-bond donors (Lipinski definition) is 1. The molecule has 1 amide bonds. The van der Waals surface area contributed by atoms with Crippen molar-refractivity contribution in [1.29, 1.82) is 5.26 Å². The Labute approximate surface area is 181 Å². The number of benzene rings is 2. The average Bonchev–Trinajstić information content (AvgIpc) is 3.21. The standard InChI is InChI=1S/C23H26N4O2S/c1-4-26(5-2)14-15-27(22(28)18-12-10-17(16-24)11-13-18)23-25-21-19(29-6-3)8-7-9-20(21)30-23/h7-13H,4-6,14-15H2,1-3H3/p+1. The summed E-state index contributed by atoms with van der Waals surface area (Å²) in [5, 5.41) is 9.70. The number of para-hydroxylation sites is 1. The minimum Gasteiger partial charge on any atom is -0.492 e. The summed E-state index contributed by atoms with van der Waals surface area (Å²) in [6, 6.07) is 14.7. The Hall–Kier alpha value is -2.95. The van der Waals surface area contributed by atoms with Gasteiger partial charge in [-0.3, -0.25) is 9.69 Å². The van der Waals surface area contributed by atoms with Crippen LogP contribution in [0.2, 0.25) is 0 Å². The molecule has 0 aliphatic rings. The Morgan fingerprint density at radius 2 is 1.90 bits per heavy atom. The third-order valence-corrected chi connectivity index (χ3v) is 6.14. The minimum atomic E-state index is -0.108. The van der Waals surface area contributed by atoms with Crippen LogP contribution in [-0.2, 0) is 0 Å². The normalized spacial score (nSPS) is 10.9. The van der Waals surface area contributed by atoms with Gasteiger partial charge < -0.3 is 9.64 Å². The van der Waals surface area contributed by atoms with Gasteiger partial charge in [0.1, 0.15) is 11.3 Å². The van der Waals surface area contributed by atoms with Gasteiger partial charge in [0.05, 0.1) is 49.1 Å². The molecule has 0 atom stereocenters. The average molecular weight is 424 g/mol. The van der Waals surface area contributed by atoms with E-state index in [2.05, 4.69) is 19.9 Å². The van der Waals surface area contributed by atoms with Crippen molar-refractivity contribution in [3.63, 3.8) is 0 Å². The first-order chi connectivity index (χ1) is 14.6.